The molecule has 3 aliphatic rings. The van der Waals surface area contributed by atoms with Crippen molar-refractivity contribution >= 4 is 23.1 Å². The number of ketones is 1. The van der Waals surface area contributed by atoms with E-state index in [1.807, 2.05) is 24.3 Å². The first-order valence-corrected chi connectivity index (χ1v) is 10.2. The standard InChI is InChI=1S/C23H23N3O4/c1-13(27)14-2-4-18-17(10-14)21(23(28)26-18)22(25-16-6-8-24-9-7-16)15-3-5-19-20(11-15)30-12-29-19/h2-5,10-11,16,21,24H,6-9,12H2,1H3,(H,26,28). The number of carbonyl (C=O) groups is 2. The summed E-state index contributed by atoms with van der Waals surface area (Å²) < 4.78 is 11.0. The minimum atomic E-state index is -0.574. The fourth-order valence-corrected chi connectivity index (χ4v) is 4.26. The van der Waals surface area contributed by atoms with Gasteiger partial charge in [0, 0.05) is 16.8 Å². The Balaban J connectivity index is 1.62. The second kappa shape index (κ2) is 7.57. The predicted octanol–water partition coefficient (Wildman–Crippen LogP) is 2.89. The van der Waals surface area contributed by atoms with Crippen LogP contribution in [0.25, 0.3) is 0 Å². The van der Waals surface area contributed by atoms with E-state index in [4.69, 9.17) is 14.5 Å². The third-order valence-electron chi connectivity index (χ3n) is 5.86. The number of benzene rings is 2. The molecule has 0 bridgehead atoms. The van der Waals surface area contributed by atoms with Gasteiger partial charge in [0.25, 0.3) is 0 Å². The Bertz CT molecular complexity index is 1060. The summed E-state index contributed by atoms with van der Waals surface area (Å²) in [6.45, 7) is 3.53. The van der Waals surface area contributed by atoms with Crippen molar-refractivity contribution in [2.24, 2.45) is 4.99 Å². The van der Waals surface area contributed by atoms with Gasteiger partial charge >= 0.3 is 0 Å². The van der Waals surface area contributed by atoms with Gasteiger partial charge in [0.2, 0.25) is 12.7 Å². The smallest absolute Gasteiger partial charge is 0.238 e. The molecule has 7 heteroatoms. The zero-order chi connectivity index (χ0) is 20.7. The van der Waals surface area contributed by atoms with Crippen LogP contribution < -0.4 is 20.1 Å². The highest BCUT2D eigenvalue weighted by molar-refractivity contribution is 6.24. The van der Waals surface area contributed by atoms with E-state index < -0.39 is 5.92 Å². The number of aliphatic imine (C=N–C) groups is 1. The van der Waals surface area contributed by atoms with Crippen molar-refractivity contribution in [2.75, 3.05) is 25.2 Å². The van der Waals surface area contributed by atoms with Crippen LogP contribution >= 0.6 is 0 Å². The first-order chi connectivity index (χ1) is 14.6. The third kappa shape index (κ3) is 3.35. The quantitative estimate of drug-likeness (QED) is 0.603. The molecule has 2 N–H and O–H groups in total. The molecule has 1 saturated heterocycles. The lowest BCUT2D eigenvalue weighted by molar-refractivity contribution is -0.115. The second-order valence-electron chi connectivity index (χ2n) is 7.84. The van der Waals surface area contributed by atoms with Crippen molar-refractivity contribution in [1.82, 2.24) is 5.32 Å². The number of amides is 1. The number of nitrogens with zero attached hydrogens (tertiary/aromatic N) is 1. The number of fused-ring (bicyclic) bond motifs is 2. The van der Waals surface area contributed by atoms with Crippen LogP contribution in [0.4, 0.5) is 5.69 Å². The molecule has 3 aliphatic heterocycles. The Morgan fingerprint density at radius 2 is 1.80 bits per heavy atom. The summed E-state index contributed by atoms with van der Waals surface area (Å²) in [4.78, 5) is 30.1. The molecule has 5 rings (SSSR count). The van der Waals surface area contributed by atoms with Gasteiger partial charge in [-0.1, -0.05) is 0 Å². The molecule has 154 valence electrons. The fraction of sp³-hybridized carbons (Fsp3) is 0.348. The molecule has 0 aliphatic carbocycles. The molecule has 2 aromatic carbocycles. The van der Waals surface area contributed by atoms with Gasteiger partial charge in [-0.2, -0.15) is 0 Å². The number of nitrogens with one attached hydrogen (secondary N) is 2. The second-order valence-corrected chi connectivity index (χ2v) is 7.84. The van der Waals surface area contributed by atoms with Crippen LogP contribution in [0.2, 0.25) is 0 Å². The lowest BCUT2D eigenvalue weighted by Gasteiger charge is -2.22. The van der Waals surface area contributed by atoms with Gasteiger partial charge in [-0.15, -0.1) is 0 Å². The van der Waals surface area contributed by atoms with Crippen molar-refractivity contribution in [1.29, 1.82) is 0 Å². The molecular formula is C23H23N3O4. The molecule has 7 nitrogen and oxygen atoms in total. The molecule has 0 aromatic heterocycles. The maximum Gasteiger partial charge on any atom is 0.238 e. The fourth-order valence-electron chi connectivity index (χ4n) is 4.26. The van der Waals surface area contributed by atoms with E-state index in [1.165, 1.54) is 6.92 Å². The van der Waals surface area contributed by atoms with Crippen molar-refractivity contribution in [3.8, 4) is 11.5 Å². The van der Waals surface area contributed by atoms with E-state index >= 15 is 0 Å². The summed E-state index contributed by atoms with van der Waals surface area (Å²) in [6.07, 6.45) is 1.84. The summed E-state index contributed by atoms with van der Waals surface area (Å²) in [5, 5.41) is 6.31. The maximum absolute atomic E-state index is 13.1. The zero-order valence-electron chi connectivity index (χ0n) is 16.7. The predicted molar refractivity (Wildman–Crippen MR) is 113 cm³/mol. The summed E-state index contributed by atoms with van der Waals surface area (Å²) in [5.41, 5.74) is 3.64. The number of rotatable bonds is 4. The average molecular weight is 405 g/mol. The van der Waals surface area contributed by atoms with Crippen LogP contribution in [0.3, 0.4) is 0 Å². The highest BCUT2D eigenvalue weighted by Crippen LogP contribution is 2.39. The largest absolute Gasteiger partial charge is 0.454 e. The average Bonchev–Trinajstić information content (AvgIpc) is 3.35. The number of hydrogen-bond donors (Lipinski definition) is 2. The van der Waals surface area contributed by atoms with Crippen LogP contribution in [-0.4, -0.2) is 43.3 Å². The zero-order valence-corrected chi connectivity index (χ0v) is 16.7. The van der Waals surface area contributed by atoms with E-state index in [-0.39, 0.29) is 24.5 Å². The van der Waals surface area contributed by atoms with Crippen LogP contribution in [0, 0.1) is 0 Å². The van der Waals surface area contributed by atoms with Crippen LogP contribution in [0.1, 0.15) is 47.2 Å². The van der Waals surface area contributed by atoms with Gasteiger partial charge < -0.3 is 20.1 Å². The SMILES string of the molecule is CC(=O)c1ccc2c(c1)C(C(=NC1CCNCC1)c1ccc3c(c1)OCO3)C(=O)N2. The Morgan fingerprint density at radius 3 is 2.60 bits per heavy atom. The molecule has 2 aromatic rings. The van der Waals surface area contributed by atoms with Gasteiger partial charge in [0.05, 0.1) is 11.8 Å². The number of carbonyl (C=O) groups excluding carboxylic acids is 2. The lowest BCUT2D eigenvalue weighted by Crippen LogP contribution is -2.32. The highest BCUT2D eigenvalue weighted by Gasteiger charge is 2.36. The molecule has 1 unspecified atom stereocenters. The van der Waals surface area contributed by atoms with E-state index in [0.717, 1.165) is 42.7 Å². The molecule has 0 radical (unpaired) electrons. The number of Topliss-reactive ketones (excluding diaryl/α,β-unsaturated/α-hetero) is 1. The van der Waals surface area contributed by atoms with Gasteiger partial charge in [-0.25, -0.2) is 0 Å². The normalized spacial score (nSPS) is 20.8. The van der Waals surface area contributed by atoms with Gasteiger partial charge in [-0.05, 0) is 74.8 Å². The van der Waals surface area contributed by atoms with E-state index in [2.05, 4.69) is 10.6 Å². The van der Waals surface area contributed by atoms with E-state index in [1.54, 1.807) is 12.1 Å². The number of ether oxygens (including phenoxy) is 2. The summed E-state index contributed by atoms with van der Waals surface area (Å²) in [6, 6.07) is 11.2. The van der Waals surface area contributed by atoms with Gasteiger partial charge in [0.1, 0.15) is 5.92 Å². The van der Waals surface area contributed by atoms with Crippen LogP contribution in [0.5, 0.6) is 11.5 Å². The summed E-state index contributed by atoms with van der Waals surface area (Å²) in [7, 11) is 0. The Kier molecular flexibility index (Phi) is 4.75. The Morgan fingerprint density at radius 1 is 1.03 bits per heavy atom. The minimum Gasteiger partial charge on any atom is -0.454 e. The number of anilines is 1. The van der Waals surface area contributed by atoms with Gasteiger partial charge in [-0.3, -0.25) is 14.6 Å². The summed E-state index contributed by atoms with van der Waals surface area (Å²) in [5.74, 6) is 0.609. The molecular weight excluding hydrogens is 382 g/mol. The first-order valence-electron chi connectivity index (χ1n) is 10.2. The molecule has 1 amide bonds. The minimum absolute atomic E-state index is 0.0316. The highest BCUT2D eigenvalue weighted by atomic mass is 16.7. The van der Waals surface area contributed by atoms with Crippen molar-refractivity contribution in [2.45, 2.75) is 31.7 Å². The molecule has 0 spiro atoms. The van der Waals surface area contributed by atoms with E-state index in [9.17, 15) is 9.59 Å². The van der Waals surface area contributed by atoms with Crippen LogP contribution in [0.15, 0.2) is 41.4 Å². The Labute approximate surface area is 174 Å². The van der Waals surface area contributed by atoms with Crippen molar-refractivity contribution in [3.05, 3.63) is 53.1 Å². The molecule has 0 saturated carbocycles. The number of piperidine rings is 1. The monoisotopic (exact) mass is 405 g/mol. The van der Waals surface area contributed by atoms with Crippen molar-refractivity contribution < 1.29 is 19.1 Å². The van der Waals surface area contributed by atoms with Crippen molar-refractivity contribution in [3.63, 3.8) is 0 Å². The van der Waals surface area contributed by atoms with Crippen LogP contribution in [-0.2, 0) is 4.79 Å². The summed E-state index contributed by atoms with van der Waals surface area (Å²) >= 11 is 0. The number of hydrogen-bond acceptors (Lipinski definition) is 6. The third-order valence-corrected chi connectivity index (χ3v) is 5.86. The Hall–Kier alpha value is -3.19. The van der Waals surface area contributed by atoms with E-state index in [0.29, 0.717) is 22.8 Å². The molecule has 30 heavy (non-hydrogen) atoms. The maximum atomic E-state index is 13.1. The molecule has 1 fully saturated rings. The first kappa shape index (κ1) is 18.8. The molecule has 1 atom stereocenters. The molecule has 3 heterocycles. The lowest BCUT2D eigenvalue weighted by atomic mass is 9.89. The van der Waals surface area contributed by atoms with Gasteiger partial charge in [0.15, 0.2) is 17.3 Å². The topological polar surface area (TPSA) is 89.0 Å².